The Morgan fingerprint density at radius 3 is 2.74 bits per heavy atom. The van der Waals surface area contributed by atoms with Crippen molar-refractivity contribution in [3.05, 3.63) is 56.7 Å². The second-order valence-electron chi connectivity index (χ2n) is 3.75. The summed E-state index contributed by atoms with van der Waals surface area (Å²) in [6.07, 6.45) is 1.73. The van der Waals surface area contributed by atoms with Gasteiger partial charge in [-0.2, -0.15) is 0 Å². The Hall–Kier alpha value is -1.60. The van der Waals surface area contributed by atoms with Crippen LogP contribution in [0.5, 0.6) is 0 Å². The molecule has 0 bridgehead atoms. The maximum absolute atomic E-state index is 10.7. The molecule has 0 radical (unpaired) electrons. The summed E-state index contributed by atoms with van der Waals surface area (Å²) in [5, 5.41) is 11.5. The van der Waals surface area contributed by atoms with Crippen LogP contribution in [-0.2, 0) is 5.75 Å². The predicted octanol–water partition coefficient (Wildman–Crippen LogP) is 3.63. The smallest absolute Gasteiger partial charge is 0.292 e. The number of pyridine rings is 1. The van der Waals surface area contributed by atoms with E-state index in [4.69, 9.17) is 5.73 Å². The van der Waals surface area contributed by atoms with Crippen LogP contribution in [0.1, 0.15) is 5.56 Å². The van der Waals surface area contributed by atoms with Crippen LogP contribution in [0.3, 0.4) is 0 Å². The molecular formula is C12H10BrN3O2S. The van der Waals surface area contributed by atoms with E-state index < -0.39 is 4.92 Å². The first-order valence-corrected chi connectivity index (χ1v) is 7.11. The average molecular weight is 340 g/mol. The summed E-state index contributed by atoms with van der Waals surface area (Å²) < 4.78 is 0.927. The number of rotatable bonds is 4. The topological polar surface area (TPSA) is 82.0 Å². The quantitative estimate of drug-likeness (QED) is 0.398. The van der Waals surface area contributed by atoms with E-state index >= 15 is 0 Å². The van der Waals surface area contributed by atoms with Crippen molar-refractivity contribution in [2.45, 2.75) is 10.8 Å². The Morgan fingerprint density at radius 1 is 1.37 bits per heavy atom. The van der Waals surface area contributed by atoms with Crippen LogP contribution in [0, 0.1) is 10.1 Å². The summed E-state index contributed by atoms with van der Waals surface area (Å²) in [7, 11) is 0. The third kappa shape index (κ3) is 3.68. The summed E-state index contributed by atoms with van der Waals surface area (Å²) >= 11 is 4.87. The highest BCUT2D eigenvalue weighted by Gasteiger charge is 2.11. The van der Waals surface area contributed by atoms with Crippen molar-refractivity contribution in [1.29, 1.82) is 0 Å². The number of nitrogens with two attached hydrogens (primary N) is 1. The number of hydrogen-bond donors (Lipinski definition) is 1. The van der Waals surface area contributed by atoms with Gasteiger partial charge in [-0.3, -0.25) is 10.1 Å². The van der Waals surface area contributed by atoms with Crippen LogP contribution in [0.25, 0.3) is 0 Å². The van der Waals surface area contributed by atoms with Crippen molar-refractivity contribution in [3.8, 4) is 0 Å². The molecular weight excluding hydrogens is 330 g/mol. The van der Waals surface area contributed by atoms with Crippen LogP contribution in [-0.4, -0.2) is 9.91 Å². The first-order valence-electron chi connectivity index (χ1n) is 5.33. The largest absolute Gasteiger partial charge is 0.393 e. The number of benzene rings is 1. The molecule has 0 aliphatic carbocycles. The zero-order chi connectivity index (χ0) is 13.8. The minimum absolute atomic E-state index is 0.0597. The lowest BCUT2D eigenvalue weighted by atomic mass is 10.2. The van der Waals surface area contributed by atoms with Gasteiger partial charge in [-0.1, -0.05) is 6.07 Å². The van der Waals surface area contributed by atoms with Crippen molar-refractivity contribution in [2.24, 2.45) is 0 Å². The minimum Gasteiger partial charge on any atom is -0.393 e. The molecule has 1 heterocycles. The molecule has 19 heavy (non-hydrogen) atoms. The second-order valence-corrected chi connectivity index (χ2v) is 5.66. The molecule has 0 fully saturated rings. The van der Waals surface area contributed by atoms with Gasteiger partial charge in [-0.05, 0) is 39.7 Å². The number of thioether (sulfide) groups is 1. The number of anilines is 1. The van der Waals surface area contributed by atoms with E-state index in [1.165, 1.54) is 6.07 Å². The van der Waals surface area contributed by atoms with Gasteiger partial charge in [-0.15, -0.1) is 11.8 Å². The summed E-state index contributed by atoms with van der Waals surface area (Å²) in [6.45, 7) is 0. The van der Waals surface area contributed by atoms with Gasteiger partial charge in [0.15, 0.2) is 0 Å². The summed E-state index contributed by atoms with van der Waals surface area (Å²) in [4.78, 5) is 14.4. The molecule has 2 aromatic rings. The Kier molecular flexibility index (Phi) is 4.39. The summed E-state index contributed by atoms with van der Waals surface area (Å²) in [5.41, 5.74) is 6.69. The number of nitro benzene ring substituents is 1. The van der Waals surface area contributed by atoms with E-state index in [0.717, 1.165) is 15.1 Å². The molecule has 0 amide bonds. The van der Waals surface area contributed by atoms with E-state index in [0.29, 0.717) is 5.75 Å². The molecule has 0 unspecified atom stereocenters. The highest BCUT2D eigenvalue weighted by Crippen LogP contribution is 2.26. The number of nitrogens with zero attached hydrogens (tertiary/aromatic N) is 2. The van der Waals surface area contributed by atoms with E-state index in [2.05, 4.69) is 20.9 Å². The van der Waals surface area contributed by atoms with Gasteiger partial charge in [0.05, 0.1) is 9.95 Å². The molecule has 5 nitrogen and oxygen atoms in total. The number of aromatic nitrogens is 1. The SMILES string of the molecule is Nc1cc(CSc2ccc(Br)cn2)ccc1[N+](=O)[O-]. The minimum atomic E-state index is -0.484. The van der Waals surface area contributed by atoms with E-state index in [-0.39, 0.29) is 11.4 Å². The lowest BCUT2D eigenvalue weighted by Crippen LogP contribution is -1.96. The predicted molar refractivity (Wildman–Crippen MR) is 79.0 cm³/mol. The summed E-state index contributed by atoms with van der Waals surface area (Å²) in [5.74, 6) is 0.664. The number of hydrogen-bond acceptors (Lipinski definition) is 5. The fourth-order valence-electron chi connectivity index (χ4n) is 1.46. The van der Waals surface area contributed by atoms with Crippen molar-refractivity contribution >= 4 is 39.1 Å². The Bertz CT molecular complexity index is 604. The van der Waals surface area contributed by atoms with Gasteiger partial charge in [0, 0.05) is 22.5 Å². The van der Waals surface area contributed by atoms with E-state index in [1.807, 2.05) is 12.1 Å². The van der Waals surface area contributed by atoms with Crippen LogP contribution in [0.2, 0.25) is 0 Å². The van der Waals surface area contributed by atoms with Gasteiger partial charge < -0.3 is 5.73 Å². The standard InChI is InChI=1S/C12H10BrN3O2S/c13-9-2-4-12(15-6-9)19-7-8-1-3-11(16(17)18)10(14)5-8/h1-6H,7,14H2. The molecule has 0 spiro atoms. The highest BCUT2D eigenvalue weighted by molar-refractivity contribution is 9.10. The van der Waals surface area contributed by atoms with Crippen molar-refractivity contribution in [1.82, 2.24) is 4.98 Å². The zero-order valence-corrected chi connectivity index (χ0v) is 12.1. The third-order valence-corrected chi connectivity index (χ3v) is 3.86. The monoisotopic (exact) mass is 339 g/mol. The molecule has 98 valence electrons. The molecule has 1 aromatic heterocycles. The number of nitrogen functional groups attached to an aromatic ring is 1. The van der Waals surface area contributed by atoms with Gasteiger partial charge in [0.25, 0.3) is 5.69 Å². The van der Waals surface area contributed by atoms with Gasteiger partial charge >= 0.3 is 0 Å². The Balaban J connectivity index is 2.06. The maximum Gasteiger partial charge on any atom is 0.292 e. The van der Waals surface area contributed by atoms with Gasteiger partial charge in [0.2, 0.25) is 0 Å². The molecule has 0 saturated heterocycles. The van der Waals surface area contributed by atoms with E-state index in [9.17, 15) is 10.1 Å². The lowest BCUT2D eigenvalue weighted by Gasteiger charge is -2.03. The van der Waals surface area contributed by atoms with Crippen LogP contribution >= 0.6 is 27.7 Å². The molecule has 0 saturated carbocycles. The zero-order valence-electron chi connectivity index (χ0n) is 9.75. The Labute approximate surface area is 122 Å². The van der Waals surface area contributed by atoms with Crippen LogP contribution in [0.4, 0.5) is 11.4 Å². The molecule has 2 rings (SSSR count). The molecule has 2 N–H and O–H groups in total. The lowest BCUT2D eigenvalue weighted by molar-refractivity contribution is -0.383. The molecule has 1 aromatic carbocycles. The fourth-order valence-corrected chi connectivity index (χ4v) is 2.49. The molecule has 7 heteroatoms. The highest BCUT2D eigenvalue weighted by atomic mass is 79.9. The maximum atomic E-state index is 10.7. The average Bonchev–Trinajstić information content (AvgIpc) is 2.37. The van der Waals surface area contributed by atoms with Gasteiger partial charge in [0.1, 0.15) is 5.69 Å². The van der Waals surface area contributed by atoms with Crippen molar-refractivity contribution in [3.63, 3.8) is 0 Å². The summed E-state index contributed by atoms with van der Waals surface area (Å²) in [6, 6.07) is 8.59. The molecule has 0 aliphatic rings. The number of halogens is 1. The Morgan fingerprint density at radius 2 is 2.16 bits per heavy atom. The second kappa shape index (κ2) is 6.03. The third-order valence-electron chi connectivity index (χ3n) is 2.38. The first kappa shape index (κ1) is 13.8. The van der Waals surface area contributed by atoms with Crippen LogP contribution in [0.15, 0.2) is 46.0 Å². The number of nitro groups is 1. The van der Waals surface area contributed by atoms with Gasteiger partial charge in [-0.25, -0.2) is 4.98 Å². The molecule has 0 atom stereocenters. The first-order chi connectivity index (χ1) is 9.06. The van der Waals surface area contributed by atoms with Crippen molar-refractivity contribution in [2.75, 3.05) is 5.73 Å². The van der Waals surface area contributed by atoms with Crippen LogP contribution < -0.4 is 5.73 Å². The van der Waals surface area contributed by atoms with E-state index in [1.54, 1.807) is 30.1 Å². The molecule has 0 aliphatic heterocycles. The normalized spacial score (nSPS) is 10.4. The van der Waals surface area contributed by atoms with Crippen molar-refractivity contribution < 1.29 is 4.92 Å². The fraction of sp³-hybridized carbons (Fsp3) is 0.0833.